The minimum Gasteiger partial charge on any atom is -0.462 e. The molecule has 19 nitrogen and oxygen atoms in total. The first-order valence-corrected chi connectivity index (χ1v) is 25.0. The highest BCUT2D eigenvalue weighted by molar-refractivity contribution is 7.45. The van der Waals surface area contributed by atoms with Gasteiger partial charge in [0.1, 0.15) is 30.5 Å². The molecule has 384 valence electrons. The van der Waals surface area contributed by atoms with Crippen LogP contribution in [0.4, 0.5) is 0 Å². The molecule has 0 saturated carbocycles. The molecule has 0 aromatic rings. The monoisotopic (exact) mass is 967 g/mol. The summed E-state index contributed by atoms with van der Waals surface area (Å²) in [4.78, 5) is 53.6. The number of likely N-dealkylation sites (tertiary alicyclic amines) is 1. The Hall–Kier alpha value is -1.75. The second kappa shape index (κ2) is 27.0. The molecule has 0 spiro atoms. The Bertz CT molecular complexity index is 1580. The number of likely N-dealkylation sites (N-methyl/N-ethyl adjacent to an activating group) is 1. The van der Waals surface area contributed by atoms with Gasteiger partial charge >= 0.3 is 13.8 Å². The van der Waals surface area contributed by atoms with E-state index in [1.54, 1.807) is 45.0 Å². The highest BCUT2D eigenvalue weighted by Crippen LogP contribution is 2.36. The summed E-state index contributed by atoms with van der Waals surface area (Å²) in [6.45, 7) is 18.2. The molecule has 4 rings (SSSR count). The third-order valence-electron chi connectivity index (χ3n) is 13.5. The van der Waals surface area contributed by atoms with Crippen LogP contribution in [0, 0.1) is 35.5 Å². The number of ether oxygens (including phenoxy) is 7. The normalized spacial score (nSPS) is 41.9. The van der Waals surface area contributed by atoms with Crippen molar-refractivity contribution in [3.05, 3.63) is 23.8 Å². The van der Waals surface area contributed by atoms with Crippen LogP contribution in [0.1, 0.15) is 87.5 Å². The van der Waals surface area contributed by atoms with Gasteiger partial charge in [0.25, 0.3) is 0 Å². The lowest BCUT2D eigenvalue weighted by Gasteiger charge is -2.47. The molecule has 4 aliphatic rings. The highest BCUT2D eigenvalue weighted by Gasteiger charge is 2.48. The van der Waals surface area contributed by atoms with Gasteiger partial charge in [-0.1, -0.05) is 52.3 Å². The fourth-order valence-corrected chi connectivity index (χ4v) is 10.0. The van der Waals surface area contributed by atoms with Crippen LogP contribution in [-0.2, 0) is 47.3 Å². The molecule has 3 saturated heterocycles. The van der Waals surface area contributed by atoms with Crippen LogP contribution in [0.15, 0.2) is 23.8 Å². The Balaban J connectivity index is 0.00000219. The molecule has 0 amide bonds. The van der Waals surface area contributed by atoms with Gasteiger partial charge in [0.2, 0.25) is 0 Å². The van der Waals surface area contributed by atoms with Crippen molar-refractivity contribution >= 4 is 19.6 Å². The molecule has 66 heavy (non-hydrogen) atoms. The fraction of sp³-hybridized carbons (Fsp3) is 0.870. The summed E-state index contributed by atoms with van der Waals surface area (Å²) in [5.74, 6) is -1.46. The van der Waals surface area contributed by atoms with Crippen LogP contribution in [-0.4, -0.2) is 191 Å². The van der Waals surface area contributed by atoms with Crippen LogP contribution in [0.3, 0.4) is 0 Å². The number of rotatable bonds is 12. The topological polar surface area (TPSA) is 264 Å². The van der Waals surface area contributed by atoms with E-state index in [-0.39, 0.29) is 24.7 Å². The van der Waals surface area contributed by atoms with E-state index < -0.39 is 111 Å². The molecule has 19 atom stereocenters. The maximum absolute atomic E-state index is 14.0. The number of nitrogens with zero attached hydrogens (tertiary/aromatic N) is 2. The molecule has 0 aromatic heterocycles. The standard InChI is InChI=1S/C46H80N2O13.H3O4P/c1-13-36-33(24-57-46-44(56-12)43(55-11)40(53)31(8)59-46)19-25(2)14-15-34(49)28(5)20-32(16-17-48-22-26(3)18-27(4)23-48)42(29(6)35(50)21-37(51)60-36)61-45-41(54)38(47(9)10)39(52)30(7)58-45;1-5(2,3)4/h14-15,19,26-33,35-36,38-46,50,52-54H,13,16-18,20-24H2,1-12H3;(H3,1,2,3,4)/b15-14-,25-19+;/t26-,27+,28-,29+,30-,31-,32+,33-,35-,36-,38+,39-,40-,41-,42-,43-,44-,45?,46-;/m1./s1. The third kappa shape index (κ3) is 17.6. The Morgan fingerprint density at radius 3 is 1.95 bits per heavy atom. The Morgan fingerprint density at radius 1 is 0.818 bits per heavy atom. The number of aliphatic hydroxyl groups excluding tert-OH is 4. The quantitative estimate of drug-likeness (QED) is 0.109. The molecule has 0 aromatic carbocycles. The van der Waals surface area contributed by atoms with Crippen LogP contribution >= 0.6 is 7.82 Å². The van der Waals surface area contributed by atoms with Crippen molar-refractivity contribution in [2.24, 2.45) is 35.5 Å². The van der Waals surface area contributed by atoms with Crippen molar-refractivity contribution in [3.63, 3.8) is 0 Å². The predicted octanol–water partition coefficient (Wildman–Crippen LogP) is 2.41. The van der Waals surface area contributed by atoms with Gasteiger partial charge in [0, 0.05) is 45.1 Å². The number of hydrogen-bond acceptors (Lipinski definition) is 16. The summed E-state index contributed by atoms with van der Waals surface area (Å²) in [5.41, 5.74) is 0.761. The first-order valence-electron chi connectivity index (χ1n) is 23.4. The predicted molar refractivity (Wildman–Crippen MR) is 243 cm³/mol. The zero-order chi connectivity index (χ0) is 49.8. The summed E-state index contributed by atoms with van der Waals surface area (Å²) in [5, 5.41) is 45.3. The maximum Gasteiger partial charge on any atom is 0.466 e. The molecular weight excluding hydrogens is 883 g/mol. The van der Waals surface area contributed by atoms with Gasteiger partial charge in [-0.2, -0.15) is 0 Å². The summed E-state index contributed by atoms with van der Waals surface area (Å²) >= 11 is 0. The van der Waals surface area contributed by atoms with Gasteiger partial charge in [-0.15, -0.1) is 0 Å². The second-order valence-corrected chi connectivity index (χ2v) is 20.5. The van der Waals surface area contributed by atoms with Crippen LogP contribution < -0.4 is 0 Å². The molecule has 4 heterocycles. The number of cyclic esters (lactones) is 1. The number of ketones is 1. The number of carbonyl (C=O) groups is 2. The molecule has 1 unspecified atom stereocenters. The van der Waals surface area contributed by atoms with E-state index in [9.17, 15) is 30.0 Å². The first kappa shape index (κ1) is 58.6. The van der Waals surface area contributed by atoms with Crippen molar-refractivity contribution in [3.8, 4) is 0 Å². The molecule has 0 bridgehead atoms. The minimum absolute atomic E-state index is 0.0427. The lowest BCUT2D eigenvalue weighted by molar-refractivity contribution is -0.304. The van der Waals surface area contributed by atoms with Crippen molar-refractivity contribution in [1.82, 2.24) is 9.80 Å². The van der Waals surface area contributed by atoms with Crippen molar-refractivity contribution in [1.29, 1.82) is 0 Å². The third-order valence-corrected chi connectivity index (χ3v) is 13.5. The molecule has 3 fully saturated rings. The van der Waals surface area contributed by atoms with E-state index in [0.717, 1.165) is 25.2 Å². The lowest BCUT2D eigenvalue weighted by Crippen LogP contribution is -2.63. The number of methoxy groups -OCH3 is 2. The molecular formula is C46H83N2O17P. The first-order chi connectivity index (χ1) is 30.8. The van der Waals surface area contributed by atoms with Crippen LogP contribution in [0.25, 0.3) is 0 Å². The lowest BCUT2D eigenvalue weighted by atomic mass is 9.79. The van der Waals surface area contributed by atoms with Gasteiger partial charge in [-0.3, -0.25) is 9.59 Å². The van der Waals surface area contributed by atoms with Crippen molar-refractivity contribution in [2.45, 2.75) is 167 Å². The zero-order valence-corrected chi connectivity index (χ0v) is 42.0. The second-order valence-electron chi connectivity index (χ2n) is 19.5. The summed E-state index contributed by atoms with van der Waals surface area (Å²) in [7, 11) is 1.90. The van der Waals surface area contributed by atoms with E-state index in [4.69, 9.17) is 52.4 Å². The van der Waals surface area contributed by atoms with Gasteiger partial charge in [0.15, 0.2) is 18.4 Å². The molecule has 0 radical (unpaired) electrons. The van der Waals surface area contributed by atoms with Gasteiger partial charge in [0.05, 0.1) is 49.6 Å². The Morgan fingerprint density at radius 2 is 1.39 bits per heavy atom. The highest BCUT2D eigenvalue weighted by atomic mass is 31.2. The van der Waals surface area contributed by atoms with Crippen molar-refractivity contribution < 1.29 is 82.4 Å². The van der Waals surface area contributed by atoms with Gasteiger partial charge in [-0.05, 0) is 90.9 Å². The van der Waals surface area contributed by atoms with Crippen molar-refractivity contribution in [2.75, 3.05) is 54.6 Å². The molecule has 20 heteroatoms. The number of carbonyl (C=O) groups excluding carboxylic acids is 2. The van der Waals surface area contributed by atoms with E-state index in [2.05, 4.69) is 18.7 Å². The van der Waals surface area contributed by atoms with E-state index >= 15 is 0 Å². The van der Waals surface area contributed by atoms with Crippen LogP contribution in [0.2, 0.25) is 0 Å². The SMILES string of the molecule is CC[C@H]1OC(=O)C[C@@H](O)[C@H](C)[C@@H](OC2O[C@H](C)[C@@H](O)[C@H](N(C)C)[C@H]2O)[C@@H](CCN2C[C@H](C)C[C@H](C)C2)C[C@@H](C)C(=O)/C=C\C(C)=C\[C@@H]1CO[C@@H]1O[C@H](C)[C@@H](O)[C@@H](OC)[C@H]1OC.O=P(O)(O)O. The summed E-state index contributed by atoms with van der Waals surface area (Å²) in [6.07, 6.45) is -2.96. The number of phosphoric acid groups is 1. The van der Waals surface area contributed by atoms with Gasteiger partial charge < -0.3 is 78.1 Å². The average Bonchev–Trinajstić information content (AvgIpc) is 3.22. The Labute approximate surface area is 392 Å². The smallest absolute Gasteiger partial charge is 0.462 e. The van der Waals surface area contributed by atoms with Gasteiger partial charge in [-0.25, -0.2) is 4.57 Å². The number of hydrogen-bond donors (Lipinski definition) is 7. The summed E-state index contributed by atoms with van der Waals surface area (Å²) in [6, 6.07) is -0.684. The maximum atomic E-state index is 14.0. The molecule has 7 N–H and O–H groups in total. The molecule has 0 aliphatic carbocycles. The Kier molecular flexibility index (Phi) is 24.0. The largest absolute Gasteiger partial charge is 0.466 e. The number of allylic oxidation sites excluding steroid dienone is 3. The number of esters is 1. The molecule has 4 aliphatic heterocycles. The number of aliphatic hydroxyl groups is 4. The minimum atomic E-state index is -4.64. The zero-order valence-electron chi connectivity index (χ0n) is 41.1. The summed E-state index contributed by atoms with van der Waals surface area (Å²) < 4.78 is 51.5. The number of piperidine rings is 1. The van der Waals surface area contributed by atoms with E-state index in [0.29, 0.717) is 31.1 Å². The van der Waals surface area contributed by atoms with E-state index in [1.807, 2.05) is 33.8 Å². The average molecular weight is 967 g/mol. The van der Waals surface area contributed by atoms with Crippen LogP contribution in [0.5, 0.6) is 0 Å². The van der Waals surface area contributed by atoms with E-state index in [1.165, 1.54) is 20.6 Å². The fourth-order valence-electron chi connectivity index (χ4n) is 10.0.